The van der Waals surface area contributed by atoms with Gasteiger partial charge in [0.25, 0.3) is 0 Å². The highest BCUT2D eigenvalue weighted by molar-refractivity contribution is 6.18. The molecule has 0 fully saturated rings. The molecule has 1 rings (SSSR count). The van der Waals surface area contributed by atoms with Gasteiger partial charge < -0.3 is 5.32 Å². The van der Waals surface area contributed by atoms with Crippen molar-refractivity contribution < 1.29 is 13.6 Å². The van der Waals surface area contributed by atoms with E-state index in [4.69, 9.17) is 11.6 Å². The monoisotopic (exact) mass is 233 g/mol. The number of nitrogens with one attached hydrogen (secondary N) is 1. The van der Waals surface area contributed by atoms with Crippen molar-refractivity contribution in [2.75, 3.05) is 5.88 Å². The summed E-state index contributed by atoms with van der Waals surface area (Å²) in [5, 5.41) is 2.44. The molecule has 0 radical (unpaired) electrons. The maximum atomic E-state index is 13.1. The Bertz CT molecular complexity index is 357. The van der Waals surface area contributed by atoms with Crippen LogP contribution in [-0.2, 0) is 11.3 Å². The first-order valence-corrected chi connectivity index (χ1v) is 4.93. The molecule has 0 spiro atoms. The molecule has 0 aromatic heterocycles. The first-order valence-electron chi connectivity index (χ1n) is 4.40. The van der Waals surface area contributed by atoms with Crippen LogP contribution < -0.4 is 5.32 Å². The Hall–Kier alpha value is -1.16. The zero-order chi connectivity index (χ0) is 11.3. The summed E-state index contributed by atoms with van der Waals surface area (Å²) >= 11 is 5.34. The summed E-state index contributed by atoms with van der Waals surface area (Å²) in [5.41, 5.74) is 0.123. The number of halogens is 3. The van der Waals surface area contributed by atoms with Gasteiger partial charge in [-0.15, -0.1) is 11.6 Å². The highest BCUT2D eigenvalue weighted by Crippen LogP contribution is 2.09. The molecule has 82 valence electrons. The number of carbonyl (C=O) groups is 1. The van der Waals surface area contributed by atoms with Gasteiger partial charge >= 0.3 is 0 Å². The molecule has 1 aromatic rings. The van der Waals surface area contributed by atoms with Crippen molar-refractivity contribution in [3.05, 3.63) is 35.4 Å². The molecule has 5 heteroatoms. The van der Waals surface area contributed by atoms with Gasteiger partial charge in [-0.1, -0.05) is 0 Å². The second-order valence-electron chi connectivity index (χ2n) is 2.95. The molecule has 0 aliphatic carbocycles. The summed E-state index contributed by atoms with van der Waals surface area (Å²) in [7, 11) is 0. The Morgan fingerprint density at radius 1 is 1.40 bits per heavy atom. The minimum absolute atomic E-state index is 0.0285. The quantitative estimate of drug-likeness (QED) is 0.794. The lowest BCUT2D eigenvalue weighted by molar-refractivity contribution is -0.120. The van der Waals surface area contributed by atoms with Crippen LogP contribution in [0.4, 0.5) is 8.78 Å². The van der Waals surface area contributed by atoms with Gasteiger partial charge in [-0.3, -0.25) is 4.79 Å². The van der Waals surface area contributed by atoms with E-state index >= 15 is 0 Å². The van der Waals surface area contributed by atoms with Gasteiger partial charge in [0.1, 0.15) is 11.6 Å². The molecule has 15 heavy (non-hydrogen) atoms. The van der Waals surface area contributed by atoms with Crippen molar-refractivity contribution in [2.24, 2.45) is 0 Å². The highest BCUT2D eigenvalue weighted by atomic mass is 35.5. The Labute approximate surface area is 91.2 Å². The lowest BCUT2D eigenvalue weighted by Gasteiger charge is -2.05. The van der Waals surface area contributed by atoms with Gasteiger partial charge in [0, 0.05) is 24.4 Å². The third-order valence-corrected chi connectivity index (χ3v) is 1.99. The smallest absolute Gasteiger partial charge is 0.221 e. The summed E-state index contributed by atoms with van der Waals surface area (Å²) in [5.74, 6) is -1.15. The maximum absolute atomic E-state index is 13.1. The second kappa shape index (κ2) is 5.66. The zero-order valence-electron chi connectivity index (χ0n) is 7.90. The summed E-state index contributed by atoms with van der Waals surface area (Å²) in [6, 6.07) is 3.11. The van der Waals surface area contributed by atoms with E-state index in [-0.39, 0.29) is 30.3 Å². The third kappa shape index (κ3) is 3.83. The predicted octanol–water partition coefficient (Wildman–Crippen LogP) is 2.21. The van der Waals surface area contributed by atoms with Crippen molar-refractivity contribution in [1.29, 1.82) is 0 Å². The molecule has 0 atom stereocenters. The normalized spacial score (nSPS) is 10.1. The van der Waals surface area contributed by atoms with Gasteiger partial charge in [0.05, 0.1) is 0 Å². The average Bonchev–Trinajstić information content (AvgIpc) is 2.20. The average molecular weight is 234 g/mol. The molecule has 0 unspecified atom stereocenters. The summed E-state index contributed by atoms with van der Waals surface area (Å²) in [4.78, 5) is 11.0. The van der Waals surface area contributed by atoms with Crippen LogP contribution in [0, 0.1) is 11.6 Å². The van der Waals surface area contributed by atoms with E-state index in [1.807, 2.05) is 0 Å². The minimum atomic E-state index is -0.539. The van der Waals surface area contributed by atoms with Gasteiger partial charge in [0.2, 0.25) is 5.91 Å². The van der Waals surface area contributed by atoms with Crippen LogP contribution in [0.25, 0.3) is 0 Å². The van der Waals surface area contributed by atoms with Gasteiger partial charge in [-0.2, -0.15) is 0 Å². The van der Waals surface area contributed by atoms with E-state index < -0.39 is 11.6 Å². The fraction of sp³-hybridized carbons (Fsp3) is 0.300. The van der Waals surface area contributed by atoms with Crippen LogP contribution in [0.15, 0.2) is 18.2 Å². The van der Waals surface area contributed by atoms with E-state index in [0.717, 1.165) is 18.2 Å². The van der Waals surface area contributed by atoms with Crippen molar-refractivity contribution in [3.63, 3.8) is 0 Å². The van der Waals surface area contributed by atoms with E-state index in [9.17, 15) is 13.6 Å². The molecule has 0 saturated carbocycles. The molecule has 2 nitrogen and oxygen atoms in total. The summed E-state index contributed by atoms with van der Waals surface area (Å²) < 4.78 is 25.8. The molecule has 1 N–H and O–H groups in total. The highest BCUT2D eigenvalue weighted by Gasteiger charge is 2.05. The van der Waals surface area contributed by atoms with Gasteiger partial charge in [-0.05, 0) is 18.2 Å². The van der Waals surface area contributed by atoms with Crippen molar-refractivity contribution >= 4 is 17.5 Å². The van der Waals surface area contributed by atoms with Crippen LogP contribution in [0.1, 0.15) is 12.0 Å². The van der Waals surface area contributed by atoms with Crippen LogP contribution in [0.2, 0.25) is 0 Å². The van der Waals surface area contributed by atoms with Crippen LogP contribution in [0.5, 0.6) is 0 Å². The Morgan fingerprint density at radius 2 is 2.13 bits per heavy atom. The number of alkyl halides is 1. The number of carbonyl (C=O) groups excluding carboxylic acids is 1. The third-order valence-electron chi connectivity index (χ3n) is 1.81. The molecule has 0 bridgehead atoms. The van der Waals surface area contributed by atoms with Crippen LogP contribution >= 0.6 is 11.6 Å². The fourth-order valence-electron chi connectivity index (χ4n) is 1.05. The molecule has 0 aliphatic rings. The first-order chi connectivity index (χ1) is 7.13. The van der Waals surface area contributed by atoms with Crippen molar-refractivity contribution in [3.8, 4) is 0 Å². The lowest BCUT2D eigenvalue weighted by Crippen LogP contribution is -2.23. The lowest BCUT2D eigenvalue weighted by atomic mass is 10.2. The van der Waals surface area contributed by atoms with Crippen molar-refractivity contribution in [1.82, 2.24) is 5.32 Å². The number of hydrogen-bond acceptors (Lipinski definition) is 1. The molecule has 0 heterocycles. The SMILES string of the molecule is O=C(CCCl)NCc1cc(F)ccc1F. The molecular formula is C10H10ClF2NO. The molecular weight excluding hydrogens is 224 g/mol. The Kier molecular flexibility index (Phi) is 4.49. The topological polar surface area (TPSA) is 29.1 Å². The fourth-order valence-corrected chi connectivity index (χ4v) is 1.22. The Morgan fingerprint density at radius 3 is 2.80 bits per heavy atom. The summed E-state index contributed by atoms with van der Waals surface area (Å²) in [6.45, 7) is -0.0285. The zero-order valence-corrected chi connectivity index (χ0v) is 8.65. The van der Waals surface area contributed by atoms with Crippen LogP contribution in [0.3, 0.4) is 0 Å². The second-order valence-corrected chi connectivity index (χ2v) is 3.33. The predicted molar refractivity (Wildman–Crippen MR) is 53.5 cm³/mol. The van der Waals surface area contributed by atoms with Crippen molar-refractivity contribution in [2.45, 2.75) is 13.0 Å². The number of amides is 1. The van der Waals surface area contributed by atoms with Gasteiger partial charge in [-0.25, -0.2) is 8.78 Å². The maximum Gasteiger partial charge on any atom is 0.221 e. The number of benzene rings is 1. The van der Waals surface area contributed by atoms with Crippen LogP contribution in [-0.4, -0.2) is 11.8 Å². The molecule has 0 aliphatic heterocycles. The first kappa shape index (κ1) is 11.9. The Balaban J connectivity index is 2.57. The van der Waals surface area contributed by atoms with E-state index in [2.05, 4.69) is 5.32 Å². The van der Waals surface area contributed by atoms with E-state index in [1.165, 1.54) is 0 Å². The molecule has 1 amide bonds. The molecule has 0 saturated heterocycles. The standard InChI is InChI=1S/C10H10ClF2NO/c11-4-3-10(15)14-6-7-5-8(12)1-2-9(7)13/h1-2,5H,3-4,6H2,(H,14,15). The molecule has 1 aromatic carbocycles. The number of rotatable bonds is 4. The van der Waals surface area contributed by atoms with Gasteiger partial charge in [0.15, 0.2) is 0 Å². The van der Waals surface area contributed by atoms with E-state index in [1.54, 1.807) is 0 Å². The van der Waals surface area contributed by atoms with E-state index in [0.29, 0.717) is 0 Å². The summed E-state index contributed by atoms with van der Waals surface area (Å²) in [6.07, 6.45) is 0.165. The number of hydrogen-bond donors (Lipinski definition) is 1. The minimum Gasteiger partial charge on any atom is -0.352 e. The largest absolute Gasteiger partial charge is 0.352 e.